The summed E-state index contributed by atoms with van der Waals surface area (Å²) in [6.45, 7) is 3.12. The van der Waals surface area contributed by atoms with Crippen molar-refractivity contribution in [2.24, 2.45) is 0 Å². The Hall–Kier alpha value is -2.51. The average molecular weight is 341 g/mol. The third-order valence-corrected chi connectivity index (χ3v) is 3.64. The fourth-order valence-corrected chi connectivity index (χ4v) is 2.33. The molecule has 2 rings (SSSR count). The lowest BCUT2D eigenvalue weighted by atomic mass is 10.1. The third kappa shape index (κ3) is 3.52. The first-order chi connectivity index (χ1) is 11.1. The maximum Gasteiger partial charge on any atom is 0.449 e. The fourth-order valence-electron chi connectivity index (χ4n) is 2.33. The Morgan fingerprint density at radius 1 is 1.25 bits per heavy atom. The zero-order valence-electron chi connectivity index (χ0n) is 13.8. The van der Waals surface area contributed by atoms with E-state index in [-0.39, 0.29) is 12.4 Å². The SMILES string of the molecule is COC(=O)N(C)Cn1c(C(F)(F)F)nc(-c2ccc(C)cc2)c1C. The van der Waals surface area contributed by atoms with Crippen LogP contribution in [0.4, 0.5) is 18.0 Å². The smallest absolute Gasteiger partial charge is 0.449 e. The van der Waals surface area contributed by atoms with Gasteiger partial charge in [0.25, 0.3) is 0 Å². The first-order valence-corrected chi connectivity index (χ1v) is 7.15. The normalized spacial score (nSPS) is 11.5. The molecule has 0 N–H and O–H groups in total. The summed E-state index contributed by atoms with van der Waals surface area (Å²) in [6, 6.07) is 7.06. The zero-order valence-corrected chi connectivity index (χ0v) is 13.8. The quantitative estimate of drug-likeness (QED) is 0.852. The molecule has 0 radical (unpaired) electrons. The molecule has 0 spiro atoms. The summed E-state index contributed by atoms with van der Waals surface area (Å²) in [5.41, 5.74) is 2.14. The van der Waals surface area contributed by atoms with Gasteiger partial charge < -0.3 is 9.30 Å². The summed E-state index contributed by atoms with van der Waals surface area (Å²) >= 11 is 0. The maximum atomic E-state index is 13.3. The molecule has 0 atom stereocenters. The first-order valence-electron chi connectivity index (χ1n) is 7.15. The van der Waals surface area contributed by atoms with Crippen molar-refractivity contribution in [1.29, 1.82) is 0 Å². The van der Waals surface area contributed by atoms with E-state index in [0.717, 1.165) is 15.0 Å². The Kier molecular flexibility index (Phi) is 4.86. The molecule has 0 aliphatic carbocycles. The van der Waals surface area contributed by atoms with Gasteiger partial charge in [0.1, 0.15) is 6.67 Å². The summed E-state index contributed by atoms with van der Waals surface area (Å²) in [7, 11) is 2.53. The van der Waals surface area contributed by atoms with Crippen molar-refractivity contribution in [3.8, 4) is 11.3 Å². The molecule has 2 aromatic rings. The second kappa shape index (κ2) is 6.54. The summed E-state index contributed by atoms with van der Waals surface area (Å²) in [5, 5.41) is 0. The lowest BCUT2D eigenvalue weighted by Gasteiger charge is -2.19. The highest BCUT2D eigenvalue weighted by atomic mass is 19.4. The summed E-state index contributed by atoms with van der Waals surface area (Å²) in [6.07, 6.45) is -5.36. The Balaban J connectivity index is 2.52. The van der Waals surface area contributed by atoms with Gasteiger partial charge in [-0.1, -0.05) is 29.8 Å². The minimum absolute atomic E-state index is 0.237. The van der Waals surface area contributed by atoms with Crippen LogP contribution in [-0.2, 0) is 17.6 Å². The molecule has 1 aromatic heterocycles. The number of halogens is 3. The van der Waals surface area contributed by atoms with Gasteiger partial charge in [-0.3, -0.25) is 4.90 Å². The fraction of sp³-hybridized carbons (Fsp3) is 0.375. The van der Waals surface area contributed by atoms with Crippen LogP contribution in [-0.4, -0.2) is 34.7 Å². The van der Waals surface area contributed by atoms with Crippen LogP contribution in [0.3, 0.4) is 0 Å². The lowest BCUT2D eigenvalue weighted by molar-refractivity contribution is -0.148. The van der Waals surface area contributed by atoms with Crippen LogP contribution in [0.2, 0.25) is 0 Å². The molecule has 0 aliphatic rings. The minimum Gasteiger partial charge on any atom is -0.453 e. The van der Waals surface area contributed by atoms with E-state index in [4.69, 9.17) is 0 Å². The van der Waals surface area contributed by atoms with Crippen LogP contribution < -0.4 is 0 Å². The van der Waals surface area contributed by atoms with Gasteiger partial charge in [0.05, 0.1) is 12.8 Å². The molecule has 0 saturated heterocycles. The van der Waals surface area contributed by atoms with Crippen molar-refractivity contribution in [3.05, 3.63) is 41.3 Å². The van der Waals surface area contributed by atoms with Crippen molar-refractivity contribution >= 4 is 6.09 Å². The Morgan fingerprint density at radius 2 is 1.83 bits per heavy atom. The highest BCUT2D eigenvalue weighted by molar-refractivity contribution is 5.67. The number of alkyl halides is 3. The molecular weight excluding hydrogens is 323 g/mol. The van der Waals surface area contributed by atoms with E-state index < -0.39 is 18.1 Å². The number of carbonyl (C=O) groups is 1. The maximum absolute atomic E-state index is 13.3. The number of benzene rings is 1. The monoisotopic (exact) mass is 341 g/mol. The van der Waals surface area contributed by atoms with Crippen molar-refractivity contribution in [1.82, 2.24) is 14.5 Å². The number of methoxy groups -OCH3 is 1. The predicted octanol–water partition coefficient (Wildman–Crippen LogP) is 3.84. The average Bonchev–Trinajstić information content (AvgIpc) is 2.84. The number of aryl methyl sites for hydroxylation is 1. The molecule has 130 valence electrons. The Bertz CT molecular complexity index is 736. The molecule has 0 unspecified atom stereocenters. The van der Waals surface area contributed by atoms with Gasteiger partial charge in [0.2, 0.25) is 5.82 Å². The number of nitrogens with zero attached hydrogens (tertiary/aromatic N) is 3. The number of ether oxygens (including phenoxy) is 1. The molecule has 0 saturated carbocycles. The number of aromatic nitrogens is 2. The van der Waals surface area contributed by atoms with Gasteiger partial charge in [-0.2, -0.15) is 13.2 Å². The largest absolute Gasteiger partial charge is 0.453 e. The van der Waals surface area contributed by atoms with E-state index in [2.05, 4.69) is 9.72 Å². The molecule has 0 bridgehead atoms. The summed E-state index contributed by atoms with van der Waals surface area (Å²) in [4.78, 5) is 16.3. The van der Waals surface area contributed by atoms with Crippen LogP contribution >= 0.6 is 0 Å². The van der Waals surface area contributed by atoms with E-state index in [0.29, 0.717) is 11.3 Å². The van der Waals surface area contributed by atoms with Crippen LogP contribution in [0.5, 0.6) is 0 Å². The van der Waals surface area contributed by atoms with Crippen molar-refractivity contribution in [2.75, 3.05) is 14.2 Å². The third-order valence-electron chi connectivity index (χ3n) is 3.64. The lowest BCUT2D eigenvalue weighted by Crippen LogP contribution is -2.31. The number of hydrogen-bond acceptors (Lipinski definition) is 3. The summed E-state index contributed by atoms with van der Waals surface area (Å²) in [5.74, 6) is -1.05. The number of carbonyl (C=O) groups excluding carboxylic acids is 1. The van der Waals surface area contributed by atoms with Gasteiger partial charge in [0.15, 0.2) is 0 Å². The van der Waals surface area contributed by atoms with E-state index in [1.807, 2.05) is 19.1 Å². The van der Waals surface area contributed by atoms with Crippen molar-refractivity contribution in [3.63, 3.8) is 0 Å². The molecule has 1 heterocycles. The Labute approximate surface area is 137 Å². The van der Waals surface area contributed by atoms with Gasteiger partial charge >= 0.3 is 12.3 Å². The highest BCUT2D eigenvalue weighted by Gasteiger charge is 2.39. The highest BCUT2D eigenvalue weighted by Crippen LogP contribution is 2.33. The topological polar surface area (TPSA) is 47.4 Å². The predicted molar refractivity (Wildman–Crippen MR) is 82.3 cm³/mol. The van der Waals surface area contributed by atoms with Gasteiger partial charge in [0, 0.05) is 18.3 Å². The molecule has 8 heteroatoms. The van der Waals surface area contributed by atoms with Crippen LogP contribution in [0.1, 0.15) is 17.1 Å². The first kappa shape index (κ1) is 17.8. The molecule has 5 nitrogen and oxygen atoms in total. The number of hydrogen-bond donors (Lipinski definition) is 0. The molecule has 0 aliphatic heterocycles. The number of imidazole rings is 1. The molecule has 0 fully saturated rings. The standard InChI is InChI=1S/C16H18F3N3O2/c1-10-5-7-12(8-6-10)13-11(2)22(9-21(3)15(23)24-4)14(20-13)16(17,18)19/h5-8H,9H2,1-4H3. The molecule has 1 amide bonds. The van der Waals surface area contributed by atoms with Crippen LogP contribution in [0.15, 0.2) is 24.3 Å². The van der Waals surface area contributed by atoms with Crippen LogP contribution in [0, 0.1) is 13.8 Å². The van der Waals surface area contributed by atoms with E-state index >= 15 is 0 Å². The van der Waals surface area contributed by atoms with E-state index in [1.165, 1.54) is 14.2 Å². The second-order valence-electron chi connectivity index (χ2n) is 5.47. The van der Waals surface area contributed by atoms with E-state index in [1.54, 1.807) is 19.1 Å². The summed E-state index contributed by atoms with van der Waals surface area (Å²) < 4.78 is 45.5. The van der Waals surface area contributed by atoms with Crippen molar-refractivity contribution < 1.29 is 22.7 Å². The molecule has 1 aromatic carbocycles. The number of amides is 1. The van der Waals surface area contributed by atoms with Gasteiger partial charge in [-0.25, -0.2) is 9.78 Å². The zero-order chi connectivity index (χ0) is 18.1. The van der Waals surface area contributed by atoms with Gasteiger partial charge in [-0.15, -0.1) is 0 Å². The van der Waals surface area contributed by atoms with Crippen LogP contribution in [0.25, 0.3) is 11.3 Å². The van der Waals surface area contributed by atoms with Crippen molar-refractivity contribution in [2.45, 2.75) is 26.7 Å². The second-order valence-corrected chi connectivity index (χ2v) is 5.47. The van der Waals surface area contributed by atoms with E-state index in [9.17, 15) is 18.0 Å². The van der Waals surface area contributed by atoms with Gasteiger partial charge in [-0.05, 0) is 13.8 Å². The molecular formula is C16H18F3N3O2. The Morgan fingerprint density at radius 3 is 2.33 bits per heavy atom. The minimum atomic E-state index is -4.63. The number of rotatable bonds is 3. The molecule has 24 heavy (non-hydrogen) atoms.